The van der Waals surface area contributed by atoms with Crippen LogP contribution in [0.4, 0.5) is 0 Å². The molecule has 0 bridgehead atoms. The number of amides is 2. The maximum atomic E-state index is 13.4. The van der Waals surface area contributed by atoms with Crippen molar-refractivity contribution in [1.82, 2.24) is 9.80 Å². The predicted octanol–water partition coefficient (Wildman–Crippen LogP) is 11.3. The molecule has 0 spiro atoms. The first-order chi connectivity index (χ1) is 29.3. The summed E-state index contributed by atoms with van der Waals surface area (Å²) in [6, 6.07) is 18.5. The SMILES string of the molecule is CCOc1ccccc1-c1cc(Sc2cc(-c3ccccc3OCC)c(/C=C/C(=O)N3CCCC(C(=O)O)C3)c(Cl)c2Cl)c(Cl)c(Cl)c1/C=C/C(=O)N1CCCC(C(=O)O)C1. The number of nitrogens with zero attached hydrogens (tertiary/aromatic N) is 2. The van der Waals surface area contributed by atoms with Gasteiger partial charge in [-0.3, -0.25) is 19.2 Å². The largest absolute Gasteiger partial charge is 0.493 e. The number of likely N-dealkylation sites (tertiary alicyclic amines) is 2. The van der Waals surface area contributed by atoms with Crippen LogP contribution < -0.4 is 9.47 Å². The Morgan fingerprint density at radius 3 is 1.41 bits per heavy atom. The van der Waals surface area contributed by atoms with Crippen molar-refractivity contribution in [2.75, 3.05) is 39.4 Å². The Morgan fingerprint density at radius 2 is 1.03 bits per heavy atom. The molecule has 6 rings (SSSR count). The number of ether oxygens (including phenoxy) is 2. The van der Waals surface area contributed by atoms with Gasteiger partial charge in [0.05, 0.1) is 45.1 Å². The van der Waals surface area contributed by atoms with Gasteiger partial charge in [0, 0.05) is 70.4 Å². The molecule has 0 aliphatic carbocycles. The van der Waals surface area contributed by atoms with Crippen molar-refractivity contribution < 1.29 is 38.9 Å². The second-order valence-corrected chi connectivity index (χ2v) is 17.1. The minimum absolute atomic E-state index is 0.111. The number of carbonyl (C=O) groups excluding carboxylic acids is 2. The van der Waals surface area contributed by atoms with E-state index in [4.69, 9.17) is 55.9 Å². The van der Waals surface area contributed by atoms with Crippen LogP contribution in [0.25, 0.3) is 34.4 Å². The number of piperidine rings is 2. The summed E-state index contributed by atoms with van der Waals surface area (Å²) >= 11 is 29.7. The highest BCUT2D eigenvalue weighted by molar-refractivity contribution is 7.99. The van der Waals surface area contributed by atoms with E-state index < -0.39 is 23.8 Å². The summed E-state index contributed by atoms with van der Waals surface area (Å²) in [5.74, 6) is -2.69. The highest BCUT2D eigenvalue weighted by atomic mass is 35.5. The van der Waals surface area contributed by atoms with Crippen LogP contribution in [0.15, 0.2) is 82.6 Å². The van der Waals surface area contributed by atoms with Gasteiger partial charge in [-0.15, -0.1) is 0 Å². The second kappa shape index (κ2) is 20.9. The summed E-state index contributed by atoms with van der Waals surface area (Å²) in [6.45, 7) is 5.62. The van der Waals surface area contributed by atoms with Gasteiger partial charge in [-0.2, -0.15) is 0 Å². The lowest BCUT2D eigenvalue weighted by Crippen LogP contribution is -2.41. The van der Waals surface area contributed by atoms with Gasteiger partial charge in [0.1, 0.15) is 11.5 Å². The fraction of sp³-hybridized carbons (Fsp3) is 0.304. The smallest absolute Gasteiger partial charge is 0.308 e. The number of hydrogen-bond acceptors (Lipinski definition) is 7. The number of rotatable bonds is 14. The number of carboxylic acids is 2. The van der Waals surface area contributed by atoms with Crippen molar-refractivity contribution in [2.24, 2.45) is 11.8 Å². The van der Waals surface area contributed by atoms with Gasteiger partial charge in [-0.1, -0.05) is 94.6 Å². The predicted molar refractivity (Wildman–Crippen MR) is 242 cm³/mol. The van der Waals surface area contributed by atoms with Gasteiger partial charge in [-0.25, -0.2) is 0 Å². The number of carbonyl (C=O) groups is 4. The highest BCUT2D eigenvalue weighted by Crippen LogP contribution is 2.50. The number of para-hydroxylation sites is 2. The van der Waals surface area contributed by atoms with E-state index in [1.165, 1.54) is 33.7 Å². The summed E-state index contributed by atoms with van der Waals surface area (Å²) in [4.78, 5) is 54.3. The molecule has 2 atom stereocenters. The van der Waals surface area contributed by atoms with E-state index in [1.807, 2.05) is 74.5 Å². The summed E-state index contributed by atoms with van der Waals surface area (Å²) in [5.41, 5.74) is 3.49. The van der Waals surface area contributed by atoms with Crippen LogP contribution in [-0.2, 0) is 19.2 Å². The van der Waals surface area contributed by atoms with E-state index in [1.54, 1.807) is 12.2 Å². The van der Waals surface area contributed by atoms with Gasteiger partial charge in [0.25, 0.3) is 0 Å². The Labute approximate surface area is 379 Å². The number of hydrogen-bond donors (Lipinski definition) is 2. The lowest BCUT2D eigenvalue weighted by atomic mass is 9.97. The third-order valence-electron chi connectivity index (χ3n) is 10.5. The minimum Gasteiger partial charge on any atom is -0.493 e. The first-order valence-corrected chi connectivity index (χ1v) is 22.2. The Morgan fingerprint density at radius 1 is 0.639 bits per heavy atom. The molecule has 2 N–H and O–H groups in total. The minimum atomic E-state index is -0.933. The third-order valence-corrected chi connectivity index (χ3v) is 13.6. The second-order valence-electron chi connectivity index (χ2n) is 14.5. The Balaban J connectivity index is 1.45. The first kappa shape index (κ1) is 45.9. The average Bonchev–Trinajstić information content (AvgIpc) is 3.26. The molecular weight excluding hydrogens is 882 g/mol. The highest BCUT2D eigenvalue weighted by Gasteiger charge is 2.29. The molecule has 0 aromatic heterocycles. The zero-order valence-corrected chi connectivity index (χ0v) is 37.3. The number of carboxylic acid groups (broad SMARTS) is 2. The Kier molecular flexibility index (Phi) is 15.7. The summed E-state index contributed by atoms with van der Waals surface area (Å²) in [6.07, 6.45) is 8.12. The molecule has 2 fully saturated rings. The van der Waals surface area contributed by atoms with Crippen LogP contribution in [0.3, 0.4) is 0 Å². The Hall–Kier alpha value is -4.65. The summed E-state index contributed by atoms with van der Waals surface area (Å²) in [7, 11) is 0. The van der Waals surface area contributed by atoms with Gasteiger partial charge in [0.2, 0.25) is 11.8 Å². The first-order valence-electron chi connectivity index (χ1n) is 19.9. The fourth-order valence-electron chi connectivity index (χ4n) is 7.49. The van der Waals surface area contributed by atoms with E-state index in [9.17, 15) is 29.4 Å². The molecule has 4 aromatic carbocycles. The van der Waals surface area contributed by atoms with E-state index in [0.29, 0.717) is 107 Å². The molecule has 2 amide bonds. The molecule has 4 aromatic rings. The van der Waals surface area contributed by atoms with Crippen molar-refractivity contribution >= 4 is 94.1 Å². The molecule has 2 aliphatic heterocycles. The molecule has 2 aliphatic rings. The maximum Gasteiger partial charge on any atom is 0.308 e. The van der Waals surface area contributed by atoms with Crippen LogP contribution in [0.2, 0.25) is 20.1 Å². The maximum absolute atomic E-state index is 13.4. The summed E-state index contributed by atoms with van der Waals surface area (Å²) < 4.78 is 12.0. The van der Waals surface area contributed by atoms with Crippen molar-refractivity contribution in [3.63, 3.8) is 0 Å². The van der Waals surface area contributed by atoms with Gasteiger partial charge < -0.3 is 29.5 Å². The van der Waals surface area contributed by atoms with Crippen molar-refractivity contribution in [3.05, 3.63) is 104 Å². The Bertz CT molecular complexity index is 2220. The number of halogens is 4. The molecule has 2 unspecified atom stereocenters. The summed E-state index contributed by atoms with van der Waals surface area (Å²) in [5, 5.41) is 19.8. The van der Waals surface area contributed by atoms with Crippen LogP contribution in [0, 0.1) is 11.8 Å². The van der Waals surface area contributed by atoms with Crippen LogP contribution >= 0.6 is 58.2 Å². The molecule has 10 nitrogen and oxygen atoms in total. The van der Waals surface area contributed by atoms with E-state index in [0.717, 1.165) is 0 Å². The lowest BCUT2D eigenvalue weighted by Gasteiger charge is -2.29. The van der Waals surface area contributed by atoms with Crippen LogP contribution in [-0.4, -0.2) is 83.2 Å². The van der Waals surface area contributed by atoms with Gasteiger partial charge in [-0.05, 0) is 87.1 Å². The quantitative estimate of drug-likeness (QED) is 0.119. The lowest BCUT2D eigenvalue weighted by molar-refractivity contribution is -0.146. The van der Waals surface area contributed by atoms with Crippen molar-refractivity contribution in [2.45, 2.75) is 49.3 Å². The topological polar surface area (TPSA) is 134 Å². The molecule has 0 radical (unpaired) electrons. The van der Waals surface area contributed by atoms with E-state index in [-0.39, 0.29) is 45.0 Å². The normalized spacial score (nSPS) is 16.9. The monoisotopic (exact) mass is 924 g/mol. The molecular formula is C46H44Cl4N2O8S. The van der Waals surface area contributed by atoms with Crippen molar-refractivity contribution in [1.29, 1.82) is 0 Å². The van der Waals surface area contributed by atoms with Crippen LogP contribution in [0.1, 0.15) is 50.7 Å². The average molecular weight is 927 g/mol. The zero-order valence-electron chi connectivity index (χ0n) is 33.5. The van der Waals surface area contributed by atoms with Gasteiger partial charge >= 0.3 is 11.9 Å². The molecule has 0 saturated carbocycles. The molecule has 15 heteroatoms. The van der Waals surface area contributed by atoms with E-state index in [2.05, 4.69) is 0 Å². The fourth-order valence-corrected chi connectivity index (χ4v) is 9.65. The molecule has 2 heterocycles. The number of benzene rings is 4. The number of aliphatic carboxylic acids is 2. The molecule has 320 valence electrons. The van der Waals surface area contributed by atoms with Gasteiger partial charge in [0.15, 0.2) is 0 Å². The third kappa shape index (κ3) is 10.7. The molecule has 61 heavy (non-hydrogen) atoms. The standard InChI is InChI=1S/C46H44Cl4N2O8S/c1-3-59-35-15-7-5-13-29(35)33-23-37(43(49)41(47)31(33)17-19-39(53)51-21-9-11-27(25-51)45(55)56)61-38-24-34(30-14-6-8-16-36(30)60-4-2)32(42(48)44(38)50)18-20-40(54)52-22-10-12-28(26-52)46(57)58/h5-8,13-20,23-24,27-28H,3-4,9-12,21-22,25-26H2,1-2H3,(H,55,56)(H,57,58)/b19-17+,20-18+. The van der Waals surface area contributed by atoms with Crippen molar-refractivity contribution in [3.8, 4) is 33.8 Å². The van der Waals surface area contributed by atoms with Crippen LogP contribution in [0.5, 0.6) is 11.5 Å². The molecule has 2 saturated heterocycles. The van der Waals surface area contributed by atoms with E-state index >= 15 is 0 Å². The zero-order chi connectivity index (χ0) is 43.8.